The lowest BCUT2D eigenvalue weighted by Crippen LogP contribution is -2.35. The van der Waals surface area contributed by atoms with E-state index in [9.17, 15) is 67.1 Å². The van der Waals surface area contributed by atoms with E-state index in [-0.39, 0.29) is 57.1 Å². The molecule has 0 fully saturated rings. The second-order valence-electron chi connectivity index (χ2n) is 26.7. The zero-order valence-electron chi connectivity index (χ0n) is 57.7. The van der Waals surface area contributed by atoms with Gasteiger partial charge in [-0.25, -0.2) is 17.6 Å². The normalized spacial score (nSPS) is 15.0. The Bertz CT molecular complexity index is 5080. The minimum absolute atomic E-state index is 0.0343. The molecular weight excluding hydrogens is 1380 g/mol. The van der Waals surface area contributed by atoms with Crippen LogP contribution < -0.4 is 27.1 Å². The molecule has 5 N–H and O–H groups in total. The van der Waals surface area contributed by atoms with Gasteiger partial charge in [-0.1, -0.05) is 83.4 Å². The van der Waals surface area contributed by atoms with Gasteiger partial charge in [0.2, 0.25) is 27.1 Å². The third kappa shape index (κ3) is 19.4. The van der Waals surface area contributed by atoms with E-state index in [0.29, 0.717) is 74.5 Å². The Labute approximate surface area is 606 Å². The average Bonchev–Trinajstić information content (AvgIpc) is 0.829. The molecule has 0 bridgehead atoms. The number of fused-ring (bicyclic) bond motifs is 5. The van der Waals surface area contributed by atoms with Gasteiger partial charge in [-0.2, -0.15) is 0 Å². The van der Waals surface area contributed by atoms with Crippen LogP contribution in [0.2, 0.25) is 10.0 Å². The topological polar surface area (TPSA) is 227 Å². The van der Waals surface area contributed by atoms with E-state index in [1.807, 2.05) is 46.3 Å². The van der Waals surface area contributed by atoms with Gasteiger partial charge in [0, 0.05) is 211 Å². The van der Waals surface area contributed by atoms with Crippen molar-refractivity contribution in [3.8, 4) is 28.7 Å². The van der Waals surface area contributed by atoms with E-state index in [1.54, 1.807) is 35.2 Å². The molecule has 5 aromatic heterocycles. The molecule has 5 aliphatic rings. The van der Waals surface area contributed by atoms with Gasteiger partial charge < -0.3 is 48.4 Å². The predicted molar refractivity (Wildman–Crippen MR) is 389 cm³/mol. The molecule has 15 rings (SSSR count). The summed E-state index contributed by atoms with van der Waals surface area (Å²) in [6.07, 6.45) is 7.43. The van der Waals surface area contributed by atoms with Gasteiger partial charge in [-0.05, 0) is 90.6 Å². The fourth-order valence-electron chi connectivity index (χ4n) is 13.2. The van der Waals surface area contributed by atoms with E-state index in [0.717, 1.165) is 106 Å². The fourth-order valence-corrected chi connectivity index (χ4v) is 13.7. The SMILES string of the molecule is Cc1ccc(C)c(CN2CCn3cc(O)c(=O)cc3C2)c1.Cc1ccccc1CN1CCn2cc(O)c(=O)cc2C1.O=c1cc2n(cc1O)CCN(Cc1c(F)cccc1F)C2.O=c1cc2n(cc1O)CCN(Cc1cc(F)cc(F)c1)C2.O=c1cc2n(cc1O)CCN(Cc1ccc(Cl)cc1Cl)C2. The third-order valence-corrected chi connectivity index (χ3v) is 19.5. The first-order valence-corrected chi connectivity index (χ1v) is 34.7. The number of benzene rings is 5. The van der Waals surface area contributed by atoms with Crippen LogP contribution in [-0.4, -0.2) is 106 Å². The summed E-state index contributed by atoms with van der Waals surface area (Å²) in [5.74, 6) is -3.40. The van der Waals surface area contributed by atoms with Crippen molar-refractivity contribution in [1.82, 2.24) is 47.3 Å². The van der Waals surface area contributed by atoms with Crippen LogP contribution >= 0.6 is 23.2 Å². The first-order chi connectivity index (χ1) is 49.7. The Morgan fingerprint density at radius 1 is 0.346 bits per heavy atom. The van der Waals surface area contributed by atoms with Gasteiger partial charge in [-0.3, -0.25) is 48.5 Å². The van der Waals surface area contributed by atoms with Crippen molar-refractivity contribution in [1.29, 1.82) is 0 Å². The molecular formula is C78H80Cl2F4N10O10. The van der Waals surface area contributed by atoms with Gasteiger partial charge in [-0.15, -0.1) is 0 Å². The van der Waals surface area contributed by atoms with Crippen LogP contribution in [0.5, 0.6) is 28.7 Å². The predicted octanol–water partition coefficient (Wildman–Crippen LogP) is 10.6. The van der Waals surface area contributed by atoms with Crippen LogP contribution in [0.1, 0.15) is 73.0 Å². The average molecular weight is 1460 g/mol. The zero-order chi connectivity index (χ0) is 74.0. The summed E-state index contributed by atoms with van der Waals surface area (Å²) in [6, 6.07) is 35.0. The van der Waals surface area contributed by atoms with Gasteiger partial charge in [0.05, 0.1) is 31.0 Å². The maximum Gasteiger partial charge on any atom is 0.223 e. The molecule has 5 aliphatic heterocycles. The molecule has 0 saturated heterocycles. The number of nitrogens with zero attached hydrogens (tertiary/aromatic N) is 10. The first-order valence-electron chi connectivity index (χ1n) is 33.9. The standard InChI is InChI=1S/C17H20N2O2.C16H18N2O2.C15H14Cl2N2O2.2C15H14F2N2O2/c1-12-3-4-13(2)14(7-12)9-18-5-6-19-11-17(21)16(20)8-15(19)10-18;1-12-4-2-3-5-13(12)9-17-6-7-18-11-16(20)15(19)8-14(18)10-17;16-11-2-1-10(13(17)5-11)7-18-3-4-19-9-15(21)14(20)6-12(19)8-18;16-11-3-10(4-12(17)5-11)7-18-1-2-19-9-15(21)14(20)6-13(19)8-18;16-12-2-1-3-13(17)11(12)8-18-4-5-19-9-15(21)14(20)6-10(19)7-18/h3-4,7-8,11,21H,5-6,9-10H2,1-2H3;2-5,8,11,20H,6-7,9-10H2,1H3;1-2,5-6,9,21H,3-4,7-8H2;3-6,9,21H,1-2,7-8H2;1-3,6,9,21H,4-5,7-8H2. The molecule has 10 aromatic rings. The Kier molecular flexibility index (Phi) is 24.3. The number of hydrogen-bond acceptors (Lipinski definition) is 15. The summed E-state index contributed by atoms with van der Waals surface area (Å²) < 4.78 is 63.1. The maximum absolute atomic E-state index is 13.7. The highest BCUT2D eigenvalue weighted by Crippen LogP contribution is 2.27. The Balaban J connectivity index is 0.000000130. The van der Waals surface area contributed by atoms with Crippen molar-refractivity contribution in [2.45, 2.75) is 119 Å². The molecule has 0 saturated carbocycles. The van der Waals surface area contributed by atoms with Crippen molar-refractivity contribution >= 4 is 23.2 Å². The number of rotatable bonds is 10. The molecule has 5 aromatic carbocycles. The maximum atomic E-state index is 13.7. The summed E-state index contributed by atoms with van der Waals surface area (Å²) in [4.78, 5) is 68.3. The second kappa shape index (κ2) is 33.6. The Hall–Kier alpha value is -10.1. The number of pyridine rings is 5. The minimum atomic E-state index is -0.594. The molecule has 20 nitrogen and oxygen atoms in total. The van der Waals surface area contributed by atoms with Crippen LogP contribution in [0.15, 0.2) is 182 Å². The molecule has 0 unspecified atom stereocenters. The lowest BCUT2D eigenvalue weighted by molar-refractivity contribution is 0.204. The number of halogens is 6. The summed E-state index contributed by atoms with van der Waals surface area (Å²) in [5.41, 5.74) is 10.7. The van der Waals surface area contributed by atoms with Gasteiger partial charge in [0.25, 0.3) is 0 Å². The van der Waals surface area contributed by atoms with Crippen LogP contribution in [0.25, 0.3) is 0 Å². The largest absolute Gasteiger partial charge is 0.503 e. The highest BCUT2D eigenvalue weighted by molar-refractivity contribution is 6.35. The number of aromatic nitrogens is 5. The van der Waals surface area contributed by atoms with Crippen LogP contribution in [0.3, 0.4) is 0 Å². The van der Waals surface area contributed by atoms with Gasteiger partial charge >= 0.3 is 0 Å². The minimum Gasteiger partial charge on any atom is -0.503 e. The second-order valence-corrected chi connectivity index (χ2v) is 27.5. The molecule has 0 spiro atoms. The lowest BCUT2D eigenvalue weighted by Gasteiger charge is -2.30. The smallest absolute Gasteiger partial charge is 0.223 e. The number of aryl methyl sites for hydroxylation is 3. The monoisotopic (exact) mass is 1460 g/mol. The summed E-state index contributed by atoms with van der Waals surface area (Å²) in [7, 11) is 0. The van der Waals surface area contributed by atoms with Crippen molar-refractivity contribution < 1.29 is 43.1 Å². The van der Waals surface area contributed by atoms with E-state index in [4.69, 9.17) is 23.2 Å². The van der Waals surface area contributed by atoms with Crippen LogP contribution in [0.4, 0.5) is 17.6 Å². The van der Waals surface area contributed by atoms with Crippen LogP contribution in [-0.2, 0) is 98.2 Å². The number of aromatic hydroxyl groups is 5. The molecule has 0 amide bonds. The van der Waals surface area contributed by atoms with E-state index >= 15 is 0 Å². The van der Waals surface area contributed by atoms with E-state index in [2.05, 4.69) is 71.9 Å². The Morgan fingerprint density at radius 3 is 1.10 bits per heavy atom. The lowest BCUT2D eigenvalue weighted by atomic mass is 10.0. The van der Waals surface area contributed by atoms with E-state index < -0.39 is 34.1 Å². The first kappa shape index (κ1) is 75.1. The van der Waals surface area contributed by atoms with E-state index in [1.165, 1.54) is 94.9 Å². The van der Waals surface area contributed by atoms with Crippen LogP contribution in [0, 0.1) is 44.0 Å². The summed E-state index contributed by atoms with van der Waals surface area (Å²) in [6.45, 7) is 19.8. The Morgan fingerprint density at radius 2 is 0.702 bits per heavy atom. The number of hydrogen-bond donors (Lipinski definition) is 5. The molecule has 0 aliphatic carbocycles. The summed E-state index contributed by atoms with van der Waals surface area (Å²) in [5, 5.41) is 48.5. The summed E-state index contributed by atoms with van der Waals surface area (Å²) >= 11 is 12.1. The quantitative estimate of drug-likeness (QED) is 0.0803. The van der Waals surface area contributed by atoms with Crippen molar-refractivity contribution in [3.05, 3.63) is 316 Å². The van der Waals surface area contributed by atoms with Crippen molar-refractivity contribution in [3.63, 3.8) is 0 Å². The van der Waals surface area contributed by atoms with Crippen molar-refractivity contribution in [2.24, 2.45) is 0 Å². The van der Waals surface area contributed by atoms with Gasteiger partial charge in [0.1, 0.15) is 23.3 Å². The molecule has 0 radical (unpaired) electrons. The third-order valence-electron chi connectivity index (χ3n) is 18.9. The molecule has 26 heteroatoms. The highest BCUT2D eigenvalue weighted by Gasteiger charge is 2.24. The van der Waals surface area contributed by atoms with Gasteiger partial charge in [0.15, 0.2) is 28.7 Å². The fraction of sp³-hybridized carbons (Fsp3) is 0.295. The molecule has 10 heterocycles. The molecule has 0 atom stereocenters. The molecule has 104 heavy (non-hydrogen) atoms. The van der Waals surface area contributed by atoms with Crippen molar-refractivity contribution in [2.75, 3.05) is 32.7 Å². The molecule has 544 valence electrons. The highest BCUT2D eigenvalue weighted by atomic mass is 35.5. The zero-order valence-corrected chi connectivity index (χ0v) is 59.2.